The summed E-state index contributed by atoms with van der Waals surface area (Å²) in [4.78, 5) is 23.1. The highest BCUT2D eigenvalue weighted by molar-refractivity contribution is 6.62. The van der Waals surface area contributed by atoms with Crippen LogP contribution in [0.4, 0.5) is 0 Å². The van der Waals surface area contributed by atoms with Crippen LogP contribution in [-0.4, -0.2) is 43.3 Å². The van der Waals surface area contributed by atoms with Gasteiger partial charge in [-0.05, 0) is 38.7 Å². The molecule has 0 radical (unpaired) electrons. The average Bonchev–Trinajstić information content (AvgIpc) is 2.74. The van der Waals surface area contributed by atoms with Crippen molar-refractivity contribution in [2.24, 2.45) is 0 Å². The Morgan fingerprint density at radius 3 is 2.08 bits per heavy atom. The predicted octanol–water partition coefficient (Wildman–Crippen LogP) is 1.21. The normalized spacial score (nSPS) is 19.4. The Kier molecular flexibility index (Phi) is 5.59. The van der Waals surface area contributed by atoms with E-state index in [4.69, 9.17) is 14.0 Å². The molecule has 1 aromatic carbocycles. The van der Waals surface area contributed by atoms with E-state index in [9.17, 15) is 9.59 Å². The number of methoxy groups -OCH3 is 1. The summed E-state index contributed by atoms with van der Waals surface area (Å²) < 4.78 is 16.8. The quantitative estimate of drug-likeness (QED) is 0.640. The zero-order valence-electron chi connectivity index (χ0n) is 15.7. The summed E-state index contributed by atoms with van der Waals surface area (Å²) in [7, 11) is 0.879. The van der Waals surface area contributed by atoms with Crippen LogP contribution in [0.25, 0.3) is 0 Å². The third-order valence-electron chi connectivity index (χ3n) is 4.81. The molecule has 6 nitrogen and oxygen atoms in total. The summed E-state index contributed by atoms with van der Waals surface area (Å²) in [6, 6.07) is 6.93. The summed E-state index contributed by atoms with van der Waals surface area (Å²) in [5.41, 5.74) is 1.04. The molecule has 7 heteroatoms. The number of amides is 1. The Bertz CT molecular complexity index is 625. The molecule has 0 saturated carbocycles. The van der Waals surface area contributed by atoms with Gasteiger partial charge in [-0.1, -0.05) is 24.3 Å². The number of hydrogen-bond donors (Lipinski definition) is 1. The molecule has 1 aliphatic heterocycles. The number of hydrogen-bond acceptors (Lipinski definition) is 5. The van der Waals surface area contributed by atoms with Gasteiger partial charge in [0.05, 0.1) is 18.3 Å². The van der Waals surface area contributed by atoms with Gasteiger partial charge in [0.2, 0.25) is 5.91 Å². The Labute approximate surface area is 149 Å². The van der Waals surface area contributed by atoms with Crippen molar-refractivity contribution in [1.29, 1.82) is 0 Å². The molecule has 1 unspecified atom stereocenters. The molecule has 1 heterocycles. The molecule has 1 saturated heterocycles. The lowest BCUT2D eigenvalue weighted by Gasteiger charge is -2.32. The molecule has 1 aromatic rings. The van der Waals surface area contributed by atoms with Crippen LogP contribution in [0.15, 0.2) is 24.3 Å². The number of esters is 1. The number of rotatable bonds is 5. The van der Waals surface area contributed by atoms with Gasteiger partial charge in [0.15, 0.2) is 0 Å². The first kappa shape index (κ1) is 19.5. The van der Waals surface area contributed by atoms with E-state index < -0.39 is 30.3 Å². The number of carbonyl (C=O) groups excluding carboxylic acids is 2. The minimum absolute atomic E-state index is 0.274. The van der Waals surface area contributed by atoms with Crippen LogP contribution in [0, 0.1) is 0 Å². The molecule has 0 aliphatic carbocycles. The Balaban J connectivity index is 2.09. The molecule has 1 N–H and O–H groups in total. The Morgan fingerprint density at radius 2 is 1.64 bits per heavy atom. The van der Waals surface area contributed by atoms with E-state index in [1.807, 2.05) is 52.0 Å². The summed E-state index contributed by atoms with van der Waals surface area (Å²) >= 11 is 0. The lowest BCUT2D eigenvalue weighted by atomic mass is 9.78. The minimum Gasteiger partial charge on any atom is -0.467 e. The molecule has 136 valence electrons. The first-order chi connectivity index (χ1) is 11.6. The summed E-state index contributed by atoms with van der Waals surface area (Å²) in [6.45, 7) is 9.41. The number of ether oxygens (including phenoxy) is 1. The lowest BCUT2D eigenvalue weighted by molar-refractivity contribution is -0.144. The van der Waals surface area contributed by atoms with Gasteiger partial charge < -0.3 is 19.4 Å². The van der Waals surface area contributed by atoms with Gasteiger partial charge in [-0.3, -0.25) is 4.79 Å². The Morgan fingerprint density at radius 1 is 1.12 bits per heavy atom. The molecule has 1 atom stereocenters. The summed E-state index contributed by atoms with van der Waals surface area (Å²) in [5.74, 6) is -0.741. The van der Waals surface area contributed by atoms with Crippen molar-refractivity contribution in [1.82, 2.24) is 5.32 Å². The number of benzene rings is 1. The average molecular weight is 347 g/mol. The van der Waals surface area contributed by atoms with Crippen molar-refractivity contribution < 1.29 is 23.6 Å². The SMILES string of the molecule is COC(=O)C(Cc1ccc(B2OC(C)(C)C(C)(C)O2)cc1)NC(C)=O. The van der Waals surface area contributed by atoms with E-state index in [-0.39, 0.29) is 5.91 Å². The first-order valence-electron chi connectivity index (χ1n) is 8.35. The van der Waals surface area contributed by atoms with E-state index in [0.29, 0.717) is 6.42 Å². The van der Waals surface area contributed by atoms with E-state index in [1.54, 1.807) is 0 Å². The molecule has 1 fully saturated rings. The standard InChI is InChI=1S/C18H26BNO5/c1-12(21)20-15(16(22)23-6)11-13-7-9-14(10-8-13)19-24-17(2,3)18(4,5)25-19/h7-10,15H,11H2,1-6H3,(H,20,21). The number of carbonyl (C=O) groups is 2. The second-order valence-electron chi connectivity index (χ2n) is 7.31. The highest BCUT2D eigenvalue weighted by Crippen LogP contribution is 2.36. The Hall–Kier alpha value is -1.86. The maximum atomic E-state index is 11.8. The van der Waals surface area contributed by atoms with Gasteiger partial charge in [0, 0.05) is 13.3 Å². The highest BCUT2D eigenvalue weighted by Gasteiger charge is 2.51. The predicted molar refractivity (Wildman–Crippen MR) is 95.5 cm³/mol. The van der Waals surface area contributed by atoms with Gasteiger partial charge in [0.25, 0.3) is 0 Å². The molecule has 25 heavy (non-hydrogen) atoms. The van der Waals surface area contributed by atoms with Gasteiger partial charge in [0.1, 0.15) is 6.04 Å². The third kappa shape index (κ3) is 4.41. The van der Waals surface area contributed by atoms with Gasteiger partial charge in [-0.25, -0.2) is 4.79 Å². The van der Waals surface area contributed by atoms with Gasteiger partial charge >= 0.3 is 13.1 Å². The van der Waals surface area contributed by atoms with Crippen LogP contribution >= 0.6 is 0 Å². The largest absolute Gasteiger partial charge is 0.494 e. The van der Waals surface area contributed by atoms with Crippen molar-refractivity contribution in [3.8, 4) is 0 Å². The second kappa shape index (κ2) is 7.18. The molecule has 0 aromatic heterocycles. The monoisotopic (exact) mass is 347 g/mol. The van der Waals surface area contributed by atoms with Crippen LogP contribution < -0.4 is 10.8 Å². The molecule has 1 amide bonds. The number of nitrogens with one attached hydrogen (secondary N) is 1. The van der Waals surface area contributed by atoms with Crippen molar-refractivity contribution in [2.75, 3.05) is 7.11 Å². The topological polar surface area (TPSA) is 73.9 Å². The van der Waals surface area contributed by atoms with Crippen molar-refractivity contribution in [3.05, 3.63) is 29.8 Å². The molecule has 0 spiro atoms. The third-order valence-corrected chi connectivity index (χ3v) is 4.81. The van der Waals surface area contributed by atoms with Crippen LogP contribution in [0.1, 0.15) is 40.2 Å². The highest BCUT2D eigenvalue weighted by atomic mass is 16.7. The molecule has 0 bridgehead atoms. The van der Waals surface area contributed by atoms with Crippen LogP contribution in [0.3, 0.4) is 0 Å². The van der Waals surface area contributed by atoms with E-state index in [0.717, 1.165) is 11.0 Å². The van der Waals surface area contributed by atoms with Gasteiger partial charge in [-0.2, -0.15) is 0 Å². The van der Waals surface area contributed by atoms with Crippen LogP contribution in [0.5, 0.6) is 0 Å². The van der Waals surface area contributed by atoms with Gasteiger partial charge in [-0.15, -0.1) is 0 Å². The second-order valence-corrected chi connectivity index (χ2v) is 7.31. The maximum Gasteiger partial charge on any atom is 0.494 e. The summed E-state index contributed by atoms with van der Waals surface area (Å²) in [5, 5.41) is 2.61. The summed E-state index contributed by atoms with van der Waals surface area (Å²) in [6.07, 6.45) is 0.357. The van der Waals surface area contributed by atoms with Crippen molar-refractivity contribution >= 4 is 24.5 Å². The minimum atomic E-state index is -0.704. The van der Waals surface area contributed by atoms with Crippen LogP contribution in [0.2, 0.25) is 0 Å². The molecular formula is C18H26BNO5. The van der Waals surface area contributed by atoms with Crippen LogP contribution in [-0.2, 0) is 30.1 Å². The van der Waals surface area contributed by atoms with E-state index in [2.05, 4.69) is 5.32 Å². The lowest BCUT2D eigenvalue weighted by Crippen LogP contribution is -2.42. The maximum absolute atomic E-state index is 11.8. The first-order valence-corrected chi connectivity index (χ1v) is 8.35. The smallest absolute Gasteiger partial charge is 0.467 e. The zero-order valence-corrected chi connectivity index (χ0v) is 15.7. The van der Waals surface area contributed by atoms with E-state index >= 15 is 0 Å². The molecular weight excluding hydrogens is 321 g/mol. The zero-order chi connectivity index (χ0) is 18.8. The van der Waals surface area contributed by atoms with Crippen molar-refractivity contribution in [3.63, 3.8) is 0 Å². The molecule has 2 rings (SSSR count). The fraction of sp³-hybridized carbons (Fsp3) is 0.556. The van der Waals surface area contributed by atoms with Crippen molar-refractivity contribution in [2.45, 2.75) is 58.3 Å². The fourth-order valence-electron chi connectivity index (χ4n) is 2.61. The van der Waals surface area contributed by atoms with E-state index in [1.165, 1.54) is 14.0 Å². The fourth-order valence-corrected chi connectivity index (χ4v) is 2.61. The molecule has 1 aliphatic rings.